The number of rotatable bonds is 9. The van der Waals surface area contributed by atoms with E-state index in [9.17, 15) is 13.2 Å². The second kappa shape index (κ2) is 9.59. The molecule has 0 radical (unpaired) electrons. The summed E-state index contributed by atoms with van der Waals surface area (Å²) in [4.78, 5) is 0. The van der Waals surface area contributed by atoms with Gasteiger partial charge < -0.3 is 11.1 Å². The third-order valence-corrected chi connectivity index (χ3v) is 4.24. The number of hydrogen-bond acceptors (Lipinski definition) is 2. The molecule has 3 N–H and O–H groups in total. The molecule has 0 aliphatic carbocycles. The lowest BCUT2D eigenvalue weighted by Crippen LogP contribution is -2.45. The second-order valence-corrected chi connectivity index (χ2v) is 6.33. The van der Waals surface area contributed by atoms with Crippen molar-refractivity contribution in [2.75, 3.05) is 13.1 Å². The molecule has 0 fully saturated rings. The number of benzene rings is 2. The minimum Gasteiger partial charge on any atom is -0.330 e. The lowest BCUT2D eigenvalue weighted by Gasteiger charge is -2.25. The van der Waals surface area contributed by atoms with Crippen molar-refractivity contribution >= 4 is 0 Å². The molecule has 2 rings (SSSR count). The molecule has 0 saturated heterocycles. The molecule has 5 heteroatoms. The zero-order chi connectivity index (χ0) is 18.1. The van der Waals surface area contributed by atoms with E-state index in [1.165, 1.54) is 0 Å². The predicted octanol–water partition coefficient (Wildman–Crippen LogP) is 3.96. The van der Waals surface area contributed by atoms with Gasteiger partial charge in [0.1, 0.15) is 6.04 Å². The fraction of sp³-hybridized carbons (Fsp3) is 0.400. The van der Waals surface area contributed by atoms with Gasteiger partial charge in [-0.05, 0) is 49.4 Å². The summed E-state index contributed by atoms with van der Waals surface area (Å²) in [6.45, 7) is 0.313. The van der Waals surface area contributed by atoms with Gasteiger partial charge in [0.2, 0.25) is 0 Å². The van der Waals surface area contributed by atoms with E-state index < -0.39 is 12.2 Å². The summed E-state index contributed by atoms with van der Waals surface area (Å²) in [5, 5.41) is 2.70. The number of nitrogens with two attached hydrogens (primary N) is 1. The van der Waals surface area contributed by atoms with Crippen molar-refractivity contribution in [3.8, 4) is 0 Å². The Bertz CT molecular complexity index is 558. The molecule has 2 aromatic rings. The zero-order valence-electron chi connectivity index (χ0n) is 14.2. The van der Waals surface area contributed by atoms with Crippen LogP contribution in [0.15, 0.2) is 60.7 Å². The molecular formula is C20H25F3N2. The van der Waals surface area contributed by atoms with Crippen LogP contribution in [0.25, 0.3) is 0 Å². The van der Waals surface area contributed by atoms with Gasteiger partial charge in [-0.3, -0.25) is 0 Å². The Labute approximate surface area is 147 Å². The van der Waals surface area contributed by atoms with E-state index in [4.69, 9.17) is 5.73 Å². The fourth-order valence-corrected chi connectivity index (χ4v) is 2.97. The van der Waals surface area contributed by atoms with Gasteiger partial charge in [-0.1, -0.05) is 60.7 Å². The van der Waals surface area contributed by atoms with Gasteiger partial charge in [-0.2, -0.15) is 13.2 Å². The molecule has 2 aromatic carbocycles. The second-order valence-electron chi connectivity index (χ2n) is 6.33. The minimum absolute atomic E-state index is 0.0131. The van der Waals surface area contributed by atoms with Gasteiger partial charge in [0.15, 0.2) is 0 Å². The van der Waals surface area contributed by atoms with E-state index in [-0.39, 0.29) is 18.9 Å². The van der Waals surface area contributed by atoms with Crippen LogP contribution < -0.4 is 11.1 Å². The third kappa shape index (κ3) is 6.88. The minimum atomic E-state index is -4.27. The average molecular weight is 350 g/mol. The van der Waals surface area contributed by atoms with Crippen LogP contribution >= 0.6 is 0 Å². The average Bonchev–Trinajstić information content (AvgIpc) is 2.59. The summed E-state index contributed by atoms with van der Waals surface area (Å²) in [5.74, 6) is 0.0763. The predicted molar refractivity (Wildman–Crippen MR) is 95.3 cm³/mol. The Kier molecular flexibility index (Phi) is 7.47. The number of nitrogens with one attached hydrogen (secondary N) is 1. The van der Waals surface area contributed by atoms with Crippen molar-refractivity contribution in [2.24, 2.45) is 11.7 Å². The number of hydrogen-bond donors (Lipinski definition) is 2. The van der Waals surface area contributed by atoms with E-state index in [0.29, 0.717) is 6.54 Å². The maximum absolute atomic E-state index is 13.1. The molecule has 0 aromatic heterocycles. The molecule has 0 aliphatic rings. The van der Waals surface area contributed by atoms with Crippen LogP contribution in [0.4, 0.5) is 13.2 Å². The smallest absolute Gasteiger partial charge is 0.330 e. The summed E-state index contributed by atoms with van der Waals surface area (Å²) >= 11 is 0. The fourth-order valence-electron chi connectivity index (χ4n) is 2.97. The normalized spacial score (nSPS) is 13.2. The standard InChI is InChI=1S/C20H25F3N2/c21-20(22,23)19(11-12-24)25-15-18(13-16-7-3-1-4-8-16)14-17-9-5-2-6-10-17/h1-10,18-19,25H,11-15,24H2. The summed E-state index contributed by atoms with van der Waals surface area (Å²) in [7, 11) is 0. The summed E-state index contributed by atoms with van der Waals surface area (Å²) in [5.41, 5.74) is 7.60. The topological polar surface area (TPSA) is 38.0 Å². The first-order chi connectivity index (χ1) is 12.0. The Hall–Kier alpha value is -1.85. The van der Waals surface area contributed by atoms with Gasteiger partial charge in [0, 0.05) is 0 Å². The molecule has 0 bridgehead atoms. The molecule has 1 atom stereocenters. The van der Waals surface area contributed by atoms with Crippen LogP contribution in [-0.4, -0.2) is 25.3 Å². The van der Waals surface area contributed by atoms with Crippen LogP contribution in [0, 0.1) is 5.92 Å². The van der Waals surface area contributed by atoms with Crippen LogP contribution in [-0.2, 0) is 12.8 Å². The SMILES string of the molecule is NCCC(NCC(Cc1ccccc1)Cc1ccccc1)C(F)(F)F. The Morgan fingerprint density at radius 3 is 1.72 bits per heavy atom. The first-order valence-corrected chi connectivity index (χ1v) is 8.57. The van der Waals surface area contributed by atoms with Crippen molar-refractivity contribution in [2.45, 2.75) is 31.5 Å². The van der Waals surface area contributed by atoms with Gasteiger partial charge in [0.05, 0.1) is 0 Å². The Balaban J connectivity index is 2.05. The van der Waals surface area contributed by atoms with Gasteiger partial charge >= 0.3 is 6.18 Å². The maximum atomic E-state index is 13.1. The quantitative estimate of drug-likeness (QED) is 0.718. The summed E-state index contributed by atoms with van der Waals surface area (Å²) in [6, 6.07) is 18.2. The first-order valence-electron chi connectivity index (χ1n) is 8.57. The van der Waals surface area contributed by atoms with E-state index in [1.807, 2.05) is 60.7 Å². The van der Waals surface area contributed by atoms with E-state index in [0.717, 1.165) is 24.0 Å². The highest BCUT2D eigenvalue weighted by Gasteiger charge is 2.38. The highest BCUT2D eigenvalue weighted by molar-refractivity contribution is 5.18. The van der Waals surface area contributed by atoms with Crippen LogP contribution in [0.3, 0.4) is 0 Å². The summed E-state index contributed by atoms with van der Waals surface area (Å²) < 4.78 is 39.3. The Morgan fingerprint density at radius 2 is 1.32 bits per heavy atom. The van der Waals surface area contributed by atoms with Crippen molar-refractivity contribution < 1.29 is 13.2 Å². The third-order valence-electron chi connectivity index (χ3n) is 4.24. The molecule has 0 spiro atoms. The van der Waals surface area contributed by atoms with Crippen molar-refractivity contribution in [3.63, 3.8) is 0 Å². The molecule has 136 valence electrons. The maximum Gasteiger partial charge on any atom is 0.403 e. The monoisotopic (exact) mass is 350 g/mol. The van der Waals surface area contributed by atoms with E-state index in [1.54, 1.807) is 0 Å². The first kappa shape index (κ1) is 19.5. The van der Waals surface area contributed by atoms with Crippen LogP contribution in [0.2, 0.25) is 0 Å². The molecule has 0 saturated carbocycles. The lowest BCUT2D eigenvalue weighted by atomic mass is 9.92. The molecule has 0 heterocycles. The summed E-state index contributed by atoms with van der Waals surface area (Å²) in [6.07, 6.45) is -2.91. The highest BCUT2D eigenvalue weighted by Crippen LogP contribution is 2.23. The zero-order valence-corrected chi connectivity index (χ0v) is 14.2. The lowest BCUT2D eigenvalue weighted by molar-refractivity contribution is -0.157. The molecule has 1 unspecified atom stereocenters. The number of alkyl halides is 3. The van der Waals surface area contributed by atoms with Gasteiger partial charge in [-0.25, -0.2) is 0 Å². The largest absolute Gasteiger partial charge is 0.403 e. The van der Waals surface area contributed by atoms with Crippen LogP contribution in [0.1, 0.15) is 17.5 Å². The molecule has 0 aliphatic heterocycles. The molecule has 25 heavy (non-hydrogen) atoms. The Morgan fingerprint density at radius 1 is 0.840 bits per heavy atom. The van der Waals surface area contributed by atoms with Gasteiger partial charge in [-0.15, -0.1) is 0 Å². The van der Waals surface area contributed by atoms with Crippen LogP contribution in [0.5, 0.6) is 0 Å². The van der Waals surface area contributed by atoms with Crippen molar-refractivity contribution in [1.82, 2.24) is 5.32 Å². The molecular weight excluding hydrogens is 325 g/mol. The van der Waals surface area contributed by atoms with E-state index >= 15 is 0 Å². The number of halogens is 3. The van der Waals surface area contributed by atoms with Crippen molar-refractivity contribution in [3.05, 3.63) is 71.8 Å². The molecule has 0 amide bonds. The van der Waals surface area contributed by atoms with Gasteiger partial charge in [0.25, 0.3) is 0 Å². The van der Waals surface area contributed by atoms with E-state index in [2.05, 4.69) is 5.32 Å². The highest BCUT2D eigenvalue weighted by atomic mass is 19.4. The van der Waals surface area contributed by atoms with Crippen molar-refractivity contribution in [1.29, 1.82) is 0 Å². The molecule has 2 nitrogen and oxygen atoms in total.